The Hall–Kier alpha value is -4.17. The highest BCUT2D eigenvalue weighted by molar-refractivity contribution is 5.95. The van der Waals surface area contributed by atoms with Crippen LogP contribution >= 0.6 is 0 Å². The van der Waals surface area contributed by atoms with Gasteiger partial charge in [0.2, 0.25) is 6.54 Å². The van der Waals surface area contributed by atoms with Gasteiger partial charge >= 0.3 is 6.01 Å². The Kier molecular flexibility index (Phi) is 6.98. The minimum atomic E-state index is -1.08. The molecule has 8 rings (SSSR count). The van der Waals surface area contributed by atoms with Crippen LogP contribution in [0.4, 0.5) is 19.0 Å². The Labute approximate surface area is 265 Å². The highest BCUT2D eigenvalue weighted by Gasteiger charge is 2.50. The van der Waals surface area contributed by atoms with Crippen molar-refractivity contribution in [1.29, 1.82) is 0 Å². The summed E-state index contributed by atoms with van der Waals surface area (Å²) >= 11 is 0. The molecule has 5 aliphatic rings. The first-order chi connectivity index (χ1) is 22.3. The van der Waals surface area contributed by atoms with Crippen LogP contribution in [0.1, 0.15) is 42.7 Å². The van der Waals surface area contributed by atoms with Crippen LogP contribution in [-0.2, 0) is 11.2 Å². The van der Waals surface area contributed by atoms with E-state index in [9.17, 15) is 13.6 Å². The lowest BCUT2D eigenvalue weighted by Crippen LogP contribution is -2.56. The molecule has 1 aromatic heterocycles. The number of alkyl halides is 1. The van der Waals surface area contributed by atoms with Gasteiger partial charge in [-0.15, -0.1) is 0 Å². The maximum absolute atomic E-state index is 16.8. The van der Waals surface area contributed by atoms with E-state index >= 15 is 4.39 Å². The van der Waals surface area contributed by atoms with Gasteiger partial charge in [0.1, 0.15) is 30.2 Å². The summed E-state index contributed by atoms with van der Waals surface area (Å²) in [6.07, 6.45) is 3.38. The molecular weight excluding hydrogens is 593 g/mol. The third kappa shape index (κ3) is 4.72. The molecule has 1 saturated carbocycles. The second-order valence-electron chi connectivity index (χ2n) is 13.5. The van der Waals surface area contributed by atoms with Crippen LogP contribution in [0.5, 0.6) is 6.01 Å². The number of benzene rings is 2. The average Bonchev–Trinajstić information content (AvgIpc) is 3.37. The first-order valence-corrected chi connectivity index (χ1v) is 16.1. The zero-order valence-corrected chi connectivity index (χ0v) is 25.5. The second-order valence-corrected chi connectivity index (χ2v) is 13.5. The third-order valence-electron chi connectivity index (χ3n) is 10.8. The Morgan fingerprint density at radius 1 is 1.15 bits per heavy atom. The number of aromatic nitrogens is 2. The molecule has 0 N–H and O–H groups in total. The molecule has 0 radical (unpaired) electrons. The number of hydrogen-bond acceptors (Lipinski definition) is 6. The molecule has 4 fully saturated rings. The van der Waals surface area contributed by atoms with Crippen LogP contribution in [-0.4, -0.2) is 89.3 Å². The number of fused-ring (bicyclic) bond motifs is 5. The number of halogens is 3. The third-order valence-corrected chi connectivity index (χ3v) is 10.8. The van der Waals surface area contributed by atoms with Gasteiger partial charge in [0.15, 0.2) is 11.6 Å². The molecule has 8 nitrogen and oxygen atoms in total. The zero-order valence-electron chi connectivity index (χ0n) is 25.5. The standard InChI is InChI=1S/C35H35F3N6O2/c1-20(36)33(45)44-12-11-42(18-24(44)16-39-2)32-27-8-7-26(25-6-3-5-21-13-22-14-28(22)29(21)25)30(38)31(27)40-34(41-32)46-19-35-9-4-10-43(35)17-23(37)15-35/h3,5-8,22-24,28H,1,4,9-19H2/t22?,23-,24+,28?,35+/m1/s1. The van der Waals surface area contributed by atoms with Gasteiger partial charge in [-0.05, 0) is 66.8 Å². The van der Waals surface area contributed by atoms with E-state index in [-0.39, 0.29) is 44.3 Å². The van der Waals surface area contributed by atoms with Crippen molar-refractivity contribution in [3.05, 3.63) is 71.1 Å². The van der Waals surface area contributed by atoms with Gasteiger partial charge in [-0.1, -0.05) is 30.8 Å². The van der Waals surface area contributed by atoms with Gasteiger partial charge in [-0.25, -0.2) is 19.7 Å². The Morgan fingerprint density at radius 3 is 2.85 bits per heavy atom. The van der Waals surface area contributed by atoms with Crippen LogP contribution in [0.25, 0.3) is 26.9 Å². The van der Waals surface area contributed by atoms with Gasteiger partial charge in [0.05, 0.1) is 5.54 Å². The van der Waals surface area contributed by atoms with Gasteiger partial charge in [-0.3, -0.25) is 9.69 Å². The molecule has 2 unspecified atom stereocenters. The number of carbonyl (C=O) groups excluding carboxylic acids is 1. The highest BCUT2D eigenvalue weighted by Crippen LogP contribution is 2.59. The minimum Gasteiger partial charge on any atom is -0.461 e. The molecule has 3 aliphatic heterocycles. The SMILES string of the molecule is [C-]#[N+]C[C@H]1CN(c2nc(OC[C@@]34CCCN3C[C@H](F)C4)nc3c(F)c(-c4cccc5c4C4CC4C5)ccc23)CCN1C(=O)C(=C)F. The predicted octanol–water partition coefficient (Wildman–Crippen LogP) is 5.47. The first kappa shape index (κ1) is 29.2. The monoisotopic (exact) mass is 628 g/mol. The van der Waals surface area contributed by atoms with E-state index in [4.69, 9.17) is 16.3 Å². The summed E-state index contributed by atoms with van der Waals surface area (Å²) in [6.45, 7) is 12.5. The lowest BCUT2D eigenvalue weighted by atomic mass is 9.93. The quantitative estimate of drug-likeness (QED) is 0.256. The Morgan fingerprint density at radius 2 is 2.02 bits per heavy atom. The molecule has 3 aromatic rings. The van der Waals surface area contributed by atoms with E-state index < -0.39 is 35.3 Å². The van der Waals surface area contributed by atoms with E-state index in [2.05, 4.69) is 27.4 Å². The maximum Gasteiger partial charge on any atom is 0.319 e. The van der Waals surface area contributed by atoms with Crippen molar-refractivity contribution in [2.45, 2.75) is 55.8 Å². The van der Waals surface area contributed by atoms with Crippen LogP contribution in [0.3, 0.4) is 0 Å². The molecule has 0 spiro atoms. The summed E-state index contributed by atoms with van der Waals surface area (Å²) in [5, 5.41) is 0.479. The van der Waals surface area contributed by atoms with Crippen molar-refractivity contribution >= 4 is 22.6 Å². The number of rotatable bonds is 7. The first-order valence-electron chi connectivity index (χ1n) is 16.1. The lowest BCUT2D eigenvalue weighted by Gasteiger charge is -2.39. The van der Waals surface area contributed by atoms with Crippen LogP contribution < -0.4 is 9.64 Å². The molecule has 0 bridgehead atoms. The molecule has 1 amide bonds. The molecule has 46 heavy (non-hydrogen) atoms. The average molecular weight is 629 g/mol. The van der Waals surface area contributed by atoms with Gasteiger partial charge in [0, 0.05) is 43.5 Å². The smallest absolute Gasteiger partial charge is 0.319 e. The highest BCUT2D eigenvalue weighted by atomic mass is 19.1. The fraction of sp³-hybridized carbons (Fsp3) is 0.486. The number of ether oxygens (including phenoxy) is 1. The maximum atomic E-state index is 16.8. The van der Waals surface area contributed by atoms with Crippen LogP contribution in [0.15, 0.2) is 42.7 Å². The van der Waals surface area contributed by atoms with E-state index in [1.54, 1.807) is 6.07 Å². The molecule has 238 valence electrons. The van der Waals surface area contributed by atoms with Crippen molar-refractivity contribution in [1.82, 2.24) is 19.8 Å². The molecule has 4 heterocycles. The molecule has 11 heteroatoms. The summed E-state index contributed by atoms with van der Waals surface area (Å²) < 4.78 is 51.4. The fourth-order valence-electron chi connectivity index (χ4n) is 8.59. The summed E-state index contributed by atoms with van der Waals surface area (Å²) in [5.74, 6) is -0.840. The van der Waals surface area contributed by atoms with E-state index in [0.717, 1.165) is 37.8 Å². The minimum absolute atomic E-state index is 0.00000152. The molecule has 2 aromatic carbocycles. The zero-order chi connectivity index (χ0) is 31.7. The van der Waals surface area contributed by atoms with Crippen molar-refractivity contribution in [2.24, 2.45) is 5.92 Å². The number of nitrogens with zero attached hydrogens (tertiary/aromatic N) is 6. The van der Waals surface area contributed by atoms with Gasteiger partial charge in [0.25, 0.3) is 5.91 Å². The van der Waals surface area contributed by atoms with Gasteiger partial charge in [-0.2, -0.15) is 9.97 Å². The number of piperazine rings is 1. The van der Waals surface area contributed by atoms with E-state index in [0.29, 0.717) is 41.6 Å². The number of anilines is 1. The van der Waals surface area contributed by atoms with Crippen molar-refractivity contribution < 1.29 is 22.7 Å². The fourth-order valence-corrected chi connectivity index (χ4v) is 8.59. The Bertz CT molecular complexity index is 1810. The van der Waals surface area contributed by atoms with Crippen LogP contribution in [0, 0.1) is 18.3 Å². The topological polar surface area (TPSA) is 66.2 Å². The van der Waals surface area contributed by atoms with E-state index in [1.807, 2.05) is 23.1 Å². The molecule has 5 atom stereocenters. The largest absolute Gasteiger partial charge is 0.461 e. The van der Waals surface area contributed by atoms with Gasteiger partial charge < -0.3 is 19.4 Å². The summed E-state index contributed by atoms with van der Waals surface area (Å²) in [4.78, 5) is 30.8. The Balaban J connectivity index is 1.20. The normalized spacial score (nSPS) is 28.1. The van der Waals surface area contributed by atoms with E-state index in [1.165, 1.54) is 16.0 Å². The number of carbonyl (C=O) groups is 1. The molecule has 3 saturated heterocycles. The number of hydrogen-bond donors (Lipinski definition) is 0. The summed E-state index contributed by atoms with van der Waals surface area (Å²) in [5.41, 5.74) is 3.56. The number of amides is 1. The van der Waals surface area contributed by atoms with Crippen molar-refractivity contribution in [3.8, 4) is 17.1 Å². The van der Waals surface area contributed by atoms with Crippen LogP contribution in [0.2, 0.25) is 0 Å². The molecule has 2 aliphatic carbocycles. The summed E-state index contributed by atoms with van der Waals surface area (Å²) in [7, 11) is 0. The predicted molar refractivity (Wildman–Crippen MR) is 167 cm³/mol. The lowest BCUT2D eigenvalue weighted by molar-refractivity contribution is -0.131. The van der Waals surface area contributed by atoms with Crippen molar-refractivity contribution in [2.75, 3.05) is 50.8 Å². The second kappa shape index (κ2) is 11.0. The summed E-state index contributed by atoms with van der Waals surface area (Å²) in [6, 6.07) is 9.10. The van der Waals surface area contributed by atoms with Crippen molar-refractivity contribution in [3.63, 3.8) is 0 Å². The molecular formula is C35H35F3N6O2.